The van der Waals surface area contributed by atoms with Gasteiger partial charge in [-0.3, -0.25) is 9.79 Å². The van der Waals surface area contributed by atoms with Crippen LogP contribution in [0.15, 0.2) is 53.5 Å². The highest BCUT2D eigenvalue weighted by molar-refractivity contribution is 5.94. The van der Waals surface area contributed by atoms with Crippen molar-refractivity contribution in [3.63, 3.8) is 0 Å². The number of benzene rings is 2. The van der Waals surface area contributed by atoms with Gasteiger partial charge in [-0.1, -0.05) is 48.9 Å². The van der Waals surface area contributed by atoms with Crippen molar-refractivity contribution in [3.8, 4) is 0 Å². The van der Waals surface area contributed by atoms with E-state index in [1.165, 1.54) is 11.1 Å². The second-order valence-electron chi connectivity index (χ2n) is 6.67. The zero-order valence-corrected chi connectivity index (χ0v) is 16.7. The average Bonchev–Trinajstić information content (AvgIpc) is 2.69. The fourth-order valence-corrected chi connectivity index (χ4v) is 2.71. The summed E-state index contributed by atoms with van der Waals surface area (Å²) >= 11 is 0. The Balaban J connectivity index is 1.83. The number of amides is 1. The van der Waals surface area contributed by atoms with Crippen molar-refractivity contribution < 1.29 is 4.79 Å². The van der Waals surface area contributed by atoms with E-state index in [4.69, 9.17) is 0 Å². The first-order chi connectivity index (χ1) is 13.0. The molecule has 2 rings (SSSR count). The van der Waals surface area contributed by atoms with E-state index in [-0.39, 0.29) is 5.91 Å². The van der Waals surface area contributed by atoms with Crippen LogP contribution in [0.1, 0.15) is 46.8 Å². The maximum Gasteiger partial charge on any atom is 0.251 e. The van der Waals surface area contributed by atoms with Crippen LogP contribution in [0.2, 0.25) is 0 Å². The van der Waals surface area contributed by atoms with Crippen molar-refractivity contribution in [2.24, 2.45) is 4.99 Å². The first-order valence-electron chi connectivity index (χ1n) is 9.41. The highest BCUT2D eigenvalue weighted by Crippen LogP contribution is 2.14. The number of nitrogens with zero attached hydrogens (tertiary/aromatic N) is 1. The number of carbonyl (C=O) groups excluding carboxylic acids is 1. The molecule has 0 aliphatic heterocycles. The smallest absolute Gasteiger partial charge is 0.251 e. The molecule has 0 saturated heterocycles. The van der Waals surface area contributed by atoms with Crippen LogP contribution < -0.4 is 16.0 Å². The summed E-state index contributed by atoms with van der Waals surface area (Å²) in [6, 6.07) is 16.2. The third-order valence-electron chi connectivity index (χ3n) is 4.46. The van der Waals surface area contributed by atoms with E-state index in [1.807, 2.05) is 31.2 Å². The van der Waals surface area contributed by atoms with Crippen LogP contribution in [0.25, 0.3) is 0 Å². The molecule has 1 amide bonds. The van der Waals surface area contributed by atoms with Gasteiger partial charge in [0.05, 0.1) is 0 Å². The normalized spacial score (nSPS) is 12.4. The molecule has 0 aliphatic rings. The molecule has 0 heterocycles. The average molecular weight is 367 g/mol. The summed E-state index contributed by atoms with van der Waals surface area (Å²) in [6.45, 7) is 8.29. The standard InChI is InChI=1S/C22H30N4O/c1-5-24-21(27)20-12-8-18(9-13-20)15-26-22(23-4)25-14-17(3)19-10-6-16(2)7-11-19/h6-13,17H,5,14-15H2,1-4H3,(H,24,27)(H2,23,25,26). The molecule has 2 aromatic rings. The Morgan fingerprint density at radius 1 is 1.00 bits per heavy atom. The largest absolute Gasteiger partial charge is 0.356 e. The summed E-state index contributed by atoms with van der Waals surface area (Å²) in [5.41, 5.74) is 4.35. The van der Waals surface area contributed by atoms with E-state index >= 15 is 0 Å². The Labute approximate surface area is 162 Å². The zero-order valence-electron chi connectivity index (χ0n) is 16.7. The van der Waals surface area contributed by atoms with Gasteiger partial charge in [0.2, 0.25) is 0 Å². The van der Waals surface area contributed by atoms with Gasteiger partial charge in [0.1, 0.15) is 0 Å². The van der Waals surface area contributed by atoms with Gasteiger partial charge in [-0.05, 0) is 43.0 Å². The van der Waals surface area contributed by atoms with Gasteiger partial charge in [-0.25, -0.2) is 0 Å². The summed E-state index contributed by atoms with van der Waals surface area (Å²) in [7, 11) is 1.77. The molecule has 5 heteroatoms. The lowest BCUT2D eigenvalue weighted by Crippen LogP contribution is -2.38. The van der Waals surface area contributed by atoms with E-state index in [0.29, 0.717) is 24.6 Å². The fourth-order valence-electron chi connectivity index (χ4n) is 2.71. The molecule has 1 atom stereocenters. The fraction of sp³-hybridized carbons (Fsp3) is 0.364. The van der Waals surface area contributed by atoms with Crippen LogP contribution in [0.4, 0.5) is 0 Å². The molecule has 1 unspecified atom stereocenters. The summed E-state index contributed by atoms with van der Waals surface area (Å²) in [5.74, 6) is 1.11. The molecule has 0 saturated carbocycles. The van der Waals surface area contributed by atoms with Crippen molar-refractivity contribution in [1.29, 1.82) is 0 Å². The predicted octanol–water partition coefficient (Wildman–Crippen LogP) is 3.21. The summed E-state index contributed by atoms with van der Waals surface area (Å²) in [4.78, 5) is 16.1. The molecule has 0 aromatic heterocycles. The maximum absolute atomic E-state index is 11.8. The molecule has 0 radical (unpaired) electrons. The Morgan fingerprint density at radius 2 is 1.67 bits per heavy atom. The highest BCUT2D eigenvalue weighted by atomic mass is 16.1. The van der Waals surface area contributed by atoms with Gasteiger partial charge in [0.15, 0.2) is 5.96 Å². The van der Waals surface area contributed by atoms with E-state index < -0.39 is 0 Å². The number of aliphatic imine (C=N–C) groups is 1. The van der Waals surface area contributed by atoms with Crippen molar-refractivity contribution in [3.05, 3.63) is 70.8 Å². The number of guanidine groups is 1. The molecule has 27 heavy (non-hydrogen) atoms. The van der Waals surface area contributed by atoms with E-state index in [9.17, 15) is 4.79 Å². The van der Waals surface area contributed by atoms with Gasteiger partial charge < -0.3 is 16.0 Å². The summed E-state index contributed by atoms with van der Waals surface area (Å²) < 4.78 is 0. The minimum atomic E-state index is -0.0421. The molecule has 0 bridgehead atoms. The third-order valence-corrected chi connectivity index (χ3v) is 4.46. The lowest BCUT2D eigenvalue weighted by molar-refractivity contribution is 0.0956. The zero-order chi connectivity index (χ0) is 19.6. The topological polar surface area (TPSA) is 65.5 Å². The van der Waals surface area contributed by atoms with Crippen LogP contribution >= 0.6 is 0 Å². The Morgan fingerprint density at radius 3 is 2.26 bits per heavy atom. The van der Waals surface area contributed by atoms with E-state index in [2.05, 4.69) is 59.1 Å². The van der Waals surface area contributed by atoms with Crippen molar-refractivity contribution in [1.82, 2.24) is 16.0 Å². The van der Waals surface area contributed by atoms with Crippen LogP contribution in [-0.2, 0) is 6.54 Å². The summed E-state index contributed by atoms with van der Waals surface area (Å²) in [5, 5.41) is 9.49. The SMILES string of the molecule is CCNC(=O)c1ccc(CNC(=NC)NCC(C)c2ccc(C)cc2)cc1. The minimum absolute atomic E-state index is 0.0421. The van der Waals surface area contributed by atoms with Crippen molar-refractivity contribution in [2.75, 3.05) is 20.1 Å². The number of aryl methyl sites for hydroxylation is 1. The van der Waals surface area contributed by atoms with Gasteiger partial charge >= 0.3 is 0 Å². The highest BCUT2D eigenvalue weighted by Gasteiger charge is 2.07. The number of carbonyl (C=O) groups is 1. The quantitative estimate of drug-likeness (QED) is 0.521. The van der Waals surface area contributed by atoms with Crippen molar-refractivity contribution in [2.45, 2.75) is 33.2 Å². The maximum atomic E-state index is 11.8. The van der Waals surface area contributed by atoms with Crippen molar-refractivity contribution >= 4 is 11.9 Å². The van der Waals surface area contributed by atoms with Crippen LogP contribution in [0.5, 0.6) is 0 Å². The molecule has 0 aliphatic carbocycles. The molecule has 2 aromatic carbocycles. The second-order valence-corrected chi connectivity index (χ2v) is 6.67. The first kappa shape index (κ1) is 20.5. The van der Waals surface area contributed by atoms with Gasteiger partial charge in [0.25, 0.3) is 5.91 Å². The molecular weight excluding hydrogens is 336 g/mol. The number of nitrogens with one attached hydrogen (secondary N) is 3. The molecule has 144 valence electrons. The number of hydrogen-bond acceptors (Lipinski definition) is 2. The van der Waals surface area contributed by atoms with Crippen LogP contribution in [0.3, 0.4) is 0 Å². The van der Waals surface area contributed by atoms with Crippen LogP contribution in [0, 0.1) is 6.92 Å². The van der Waals surface area contributed by atoms with E-state index in [1.54, 1.807) is 7.05 Å². The first-order valence-corrected chi connectivity index (χ1v) is 9.41. The molecule has 0 spiro atoms. The monoisotopic (exact) mass is 366 g/mol. The van der Waals surface area contributed by atoms with Crippen LogP contribution in [-0.4, -0.2) is 32.0 Å². The van der Waals surface area contributed by atoms with Gasteiger partial charge in [-0.15, -0.1) is 0 Å². The Bertz CT molecular complexity index is 751. The lowest BCUT2D eigenvalue weighted by atomic mass is 10.0. The molecule has 5 nitrogen and oxygen atoms in total. The Kier molecular flexibility index (Phi) is 7.86. The summed E-state index contributed by atoms with van der Waals surface area (Å²) in [6.07, 6.45) is 0. The van der Waals surface area contributed by atoms with E-state index in [0.717, 1.165) is 18.1 Å². The predicted molar refractivity (Wildman–Crippen MR) is 112 cm³/mol. The minimum Gasteiger partial charge on any atom is -0.356 e. The molecule has 0 fully saturated rings. The number of rotatable bonds is 7. The number of hydrogen-bond donors (Lipinski definition) is 3. The Hall–Kier alpha value is -2.82. The van der Waals surface area contributed by atoms with Gasteiger partial charge in [0, 0.05) is 32.2 Å². The molecule has 3 N–H and O–H groups in total. The van der Waals surface area contributed by atoms with Gasteiger partial charge in [-0.2, -0.15) is 0 Å². The third kappa shape index (κ3) is 6.44. The lowest BCUT2D eigenvalue weighted by Gasteiger charge is -2.16. The second kappa shape index (κ2) is 10.4. The molecular formula is C22H30N4O.